The number of nitrogens with two attached hydrogens (primary N) is 1. The van der Waals surface area contributed by atoms with Gasteiger partial charge in [-0.2, -0.15) is 5.10 Å². The maximum Gasteiger partial charge on any atom is 0.257 e. The van der Waals surface area contributed by atoms with Gasteiger partial charge in [-0.25, -0.2) is 22.6 Å². The summed E-state index contributed by atoms with van der Waals surface area (Å²) in [5.74, 6) is -1.69. The Morgan fingerprint density at radius 3 is 2.85 bits per heavy atom. The Morgan fingerprint density at radius 1 is 1.33 bits per heavy atom. The number of benzene rings is 1. The van der Waals surface area contributed by atoms with Gasteiger partial charge in [0.2, 0.25) is 5.96 Å². The summed E-state index contributed by atoms with van der Waals surface area (Å²) in [6, 6.07) is 3.87. The number of hydrogen-bond acceptors (Lipinski definition) is 5. The van der Waals surface area contributed by atoms with Gasteiger partial charge < -0.3 is 16.4 Å². The van der Waals surface area contributed by atoms with Gasteiger partial charge in [-0.1, -0.05) is 12.1 Å². The molecule has 0 aliphatic carbocycles. The van der Waals surface area contributed by atoms with E-state index in [4.69, 9.17) is 5.73 Å². The third-order valence-corrected chi connectivity index (χ3v) is 4.13. The van der Waals surface area contributed by atoms with E-state index in [0.29, 0.717) is 11.3 Å². The summed E-state index contributed by atoms with van der Waals surface area (Å²) in [5.41, 5.74) is 6.16. The van der Waals surface area contributed by atoms with Crippen molar-refractivity contribution in [3.63, 3.8) is 0 Å². The molecule has 1 aliphatic rings. The Morgan fingerprint density at radius 2 is 2.11 bits per heavy atom. The van der Waals surface area contributed by atoms with Crippen LogP contribution >= 0.6 is 0 Å². The number of rotatable bonds is 5. The lowest BCUT2D eigenvalue weighted by molar-refractivity contribution is 0.122. The molecule has 4 N–H and O–H groups in total. The van der Waals surface area contributed by atoms with Crippen LogP contribution in [0.3, 0.4) is 0 Å². The number of anilines is 1. The quantitative estimate of drug-likeness (QED) is 0.695. The van der Waals surface area contributed by atoms with E-state index in [1.165, 1.54) is 24.5 Å². The summed E-state index contributed by atoms with van der Waals surface area (Å²) in [4.78, 5) is 4.36. The minimum absolute atomic E-state index is 0.0591. The number of nitrogens with zero attached hydrogens (tertiary/aromatic N) is 3. The third-order valence-electron chi connectivity index (χ3n) is 4.13. The van der Waals surface area contributed by atoms with Gasteiger partial charge in [-0.3, -0.25) is 4.68 Å². The molecule has 2 aromatic rings. The summed E-state index contributed by atoms with van der Waals surface area (Å²) in [6.07, 6.45) is 1.77. The zero-order chi connectivity index (χ0) is 19.6. The maximum atomic E-state index is 14.0. The van der Waals surface area contributed by atoms with E-state index in [9.17, 15) is 17.6 Å². The normalized spacial score (nSPS) is 19.5. The second-order valence-electron chi connectivity index (χ2n) is 6.21. The molecule has 0 bridgehead atoms. The van der Waals surface area contributed by atoms with Crippen LogP contribution in [0.5, 0.6) is 0 Å². The number of halogens is 4. The van der Waals surface area contributed by atoms with E-state index in [1.807, 2.05) is 0 Å². The molecule has 0 amide bonds. The number of aromatic nitrogens is 2. The molecule has 0 saturated carbocycles. The van der Waals surface area contributed by atoms with Gasteiger partial charge in [-0.05, 0) is 24.1 Å². The molecule has 2 heterocycles. The van der Waals surface area contributed by atoms with E-state index in [1.54, 1.807) is 13.1 Å². The largest absolute Gasteiger partial charge is 0.333 e. The van der Waals surface area contributed by atoms with Crippen LogP contribution in [-0.2, 0) is 13.0 Å². The van der Waals surface area contributed by atoms with Crippen molar-refractivity contribution >= 4 is 11.6 Å². The van der Waals surface area contributed by atoms with Crippen LogP contribution in [-0.4, -0.2) is 27.8 Å². The van der Waals surface area contributed by atoms with E-state index in [2.05, 4.69) is 20.7 Å². The van der Waals surface area contributed by atoms with Crippen LogP contribution < -0.4 is 16.4 Å². The first-order valence-electron chi connectivity index (χ1n) is 8.10. The first-order chi connectivity index (χ1) is 12.8. The second-order valence-corrected chi connectivity index (χ2v) is 6.21. The summed E-state index contributed by atoms with van der Waals surface area (Å²) in [7, 11) is 0. The fourth-order valence-corrected chi connectivity index (χ4v) is 2.65. The highest BCUT2D eigenvalue weighted by Gasteiger charge is 2.32. The standard InChI is InChI=1S/C17H18F4N6/c1-10-6-23-16(25-12-7-24-27(8-12)9-14(19)20)26-17(10,22)5-11-3-2-4-13(18)15(11)21/h2-4,6-8,14H,5,9,22H2,1H3,(H2,23,25,26). The molecular formula is C17H18F4N6. The van der Waals surface area contributed by atoms with Crippen molar-refractivity contribution in [2.24, 2.45) is 10.7 Å². The van der Waals surface area contributed by atoms with Gasteiger partial charge in [0, 0.05) is 18.8 Å². The lowest BCUT2D eigenvalue weighted by Crippen LogP contribution is -2.48. The Hall–Kier alpha value is -2.88. The van der Waals surface area contributed by atoms with Gasteiger partial charge in [0.05, 0.1) is 11.9 Å². The van der Waals surface area contributed by atoms with Crippen LogP contribution in [0.15, 0.2) is 47.4 Å². The first-order valence-corrected chi connectivity index (χ1v) is 8.10. The molecule has 0 fully saturated rings. The number of aliphatic imine (C=N–C) groups is 1. The minimum atomic E-state index is -2.52. The Kier molecular flexibility index (Phi) is 5.17. The van der Waals surface area contributed by atoms with Crippen molar-refractivity contribution in [3.8, 4) is 0 Å². The molecule has 1 unspecified atom stereocenters. The van der Waals surface area contributed by atoms with Crippen molar-refractivity contribution in [1.29, 1.82) is 0 Å². The second kappa shape index (κ2) is 7.39. The van der Waals surface area contributed by atoms with Crippen LogP contribution in [0.25, 0.3) is 0 Å². The molecule has 0 radical (unpaired) electrons. The number of nitrogens with one attached hydrogen (secondary N) is 2. The molecule has 1 aliphatic heterocycles. The predicted molar refractivity (Wildman–Crippen MR) is 93.2 cm³/mol. The Bertz CT molecular complexity index is 891. The van der Waals surface area contributed by atoms with Crippen LogP contribution in [0.1, 0.15) is 12.5 Å². The monoisotopic (exact) mass is 382 g/mol. The molecule has 144 valence electrons. The Labute approximate surface area is 152 Å². The molecule has 0 spiro atoms. The van der Waals surface area contributed by atoms with Gasteiger partial charge >= 0.3 is 0 Å². The summed E-state index contributed by atoms with van der Waals surface area (Å²) < 4.78 is 53.4. The average Bonchev–Trinajstić information content (AvgIpc) is 3.01. The van der Waals surface area contributed by atoms with Crippen LogP contribution in [0, 0.1) is 11.6 Å². The van der Waals surface area contributed by atoms with E-state index in [0.717, 1.165) is 10.7 Å². The molecule has 10 heteroatoms. The zero-order valence-electron chi connectivity index (χ0n) is 14.4. The molecule has 3 rings (SSSR count). The third kappa shape index (κ3) is 4.27. The minimum Gasteiger partial charge on any atom is -0.333 e. The van der Waals surface area contributed by atoms with Crippen molar-refractivity contribution < 1.29 is 17.6 Å². The number of guanidine groups is 1. The average molecular weight is 382 g/mol. The van der Waals surface area contributed by atoms with Crippen molar-refractivity contribution in [2.45, 2.75) is 32.0 Å². The zero-order valence-corrected chi connectivity index (χ0v) is 14.4. The van der Waals surface area contributed by atoms with E-state index < -0.39 is 30.3 Å². The molecule has 1 aromatic heterocycles. The summed E-state index contributed by atoms with van der Waals surface area (Å²) >= 11 is 0. The van der Waals surface area contributed by atoms with Crippen molar-refractivity contribution in [1.82, 2.24) is 15.1 Å². The highest BCUT2D eigenvalue weighted by molar-refractivity contribution is 5.95. The maximum absolute atomic E-state index is 14.0. The number of hydrogen-bond donors (Lipinski definition) is 3. The molecule has 0 saturated heterocycles. The van der Waals surface area contributed by atoms with Gasteiger partial charge in [-0.15, -0.1) is 0 Å². The smallest absolute Gasteiger partial charge is 0.257 e. The lowest BCUT2D eigenvalue weighted by atomic mass is 9.93. The number of alkyl halides is 2. The van der Waals surface area contributed by atoms with Gasteiger partial charge in [0.1, 0.15) is 12.2 Å². The van der Waals surface area contributed by atoms with Gasteiger partial charge in [0.15, 0.2) is 11.6 Å². The SMILES string of the molecule is CC1=CNC(Nc2cnn(CC(F)F)c2)=NC1(N)Cc1cccc(F)c1F. The summed E-state index contributed by atoms with van der Waals surface area (Å²) in [5, 5.41) is 9.57. The van der Waals surface area contributed by atoms with Crippen molar-refractivity contribution in [2.75, 3.05) is 5.32 Å². The molecule has 6 nitrogen and oxygen atoms in total. The van der Waals surface area contributed by atoms with E-state index in [-0.39, 0.29) is 17.9 Å². The topological polar surface area (TPSA) is 80.3 Å². The molecule has 1 atom stereocenters. The van der Waals surface area contributed by atoms with Crippen molar-refractivity contribution in [3.05, 3.63) is 59.6 Å². The van der Waals surface area contributed by atoms with Crippen LogP contribution in [0.4, 0.5) is 23.2 Å². The van der Waals surface area contributed by atoms with Crippen LogP contribution in [0.2, 0.25) is 0 Å². The first kappa shape index (κ1) is 18.9. The molecular weight excluding hydrogens is 364 g/mol. The fourth-order valence-electron chi connectivity index (χ4n) is 2.65. The van der Waals surface area contributed by atoms with Gasteiger partial charge in [0.25, 0.3) is 6.43 Å². The fraction of sp³-hybridized carbons (Fsp3) is 0.294. The molecule has 27 heavy (non-hydrogen) atoms. The lowest BCUT2D eigenvalue weighted by Gasteiger charge is -2.31. The highest BCUT2D eigenvalue weighted by atomic mass is 19.3. The van der Waals surface area contributed by atoms with E-state index >= 15 is 0 Å². The molecule has 1 aromatic carbocycles. The summed E-state index contributed by atoms with van der Waals surface area (Å²) in [6.45, 7) is 1.19. The Balaban J connectivity index is 1.79. The predicted octanol–water partition coefficient (Wildman–Crippen LogP) is 2.60. The highest BCUT2D eigenvalue weighted by Crippen LogP contribution is 2.25.